The highest BCUT2D eigenvalue weighted by atomic mass is 32.1. The highest BCUT2D eigenvalue weighted by molar-refractivity contribution is 7.08. The Balaban J connectivity index is 1.73. The molecule has 1 N–H and O–H groups in total. The quantitative estimate of drug-likeness (QED) is 0.457. The smallest absolute Gasteiger partial charge is 0.295 e. The third-order valence-electron chi connectivity index (χ3n) is 5.05. The summed E-state index contributed by atoms with van der Waals surface area (Å²) in [5.74, 6) is -0.756. The van der Waals surface area contributed by atoms with Crippen molar-refractivity contribution in [3.05, 3.63) is 104 Å². The van der Waals surface area contributed by atoms with E-state index in [2.05, 4.69) is 5.32 Å². The molecule has 0 spiro atoms. The molecule has 7 heteroatoms. The first-order chi connectivity index (χ1) is 15.0. The fraction of sp³-hybridized carbons (Fsp3) is 0.0833. The number of rotatable bonds is 5. The Kier molecular flexibility index (Phi) is 5.68. The third-order valence-corrected chi connectivity index (χ3v) is 5.73. The van der Waals surface area contributed by atoms with E-state index in [0.717, 1.165) is 5.56 Å². The summed E-state index contributed by atoms with van der Waals surface area (Å²) in [6.07, 6.45) is 1.69. The number of hydrogen-bond donors (Lipinski definition) is 1. The summed E-state index contributed by atoms with van der Waals surface area (Å²) < 4.78 is 16.5. The maximum atomic E-state index is 13.3. The Hall–Kier alpha value is -3.71. The van der Waals surface area contributed by atoms with Gasteiger partial charge in [-0.2, -0.15) is 11.3 Å². The van der Waals surface area contributed by atoms with Crippen molar-refractivity contribution in [3.63, 3.8) is 0 Å². The van der Waals surface area contributed by atoms with Crippen LogP contribution in [0.3, 0.4) is 0 Å². The lowest BCUT2D eigenvalue weighted by atomic mass is 10.0. The zero-order chi connectivity index (χ0) is 22.0. The number of aromatic nitrogens is 2. The van der Waals surface area contributed by atoms with Crippen LogP contribution in [0.4, 0.5) is 10.1 Å². The van der Waals surface area contributed by atoms with Gasteiger partial charge in [-0.15, -0.1) is 0 Å². The number of thiophene rings is 1. The van der Waals surface area contributed by atoms with Crippen LogP contribution in [0.5, 0.6) is 0 Å². The Morgan fingerprint density at radius 3 is 2.42 bits per heavy atom. The third kappa shape index (κ3) is 4.13. The number of benzene rings is 2. The Labute approximate surface area is 182 Å². The molecule has 0 aliphatic heterocycles. The van der Waals surface area contributed by atoms with Crippen molar-refractivity contribution >= 4 is 34.6 Å². The van der Waals surface area contributed by atoms with Crippen LogP contribution in [0.2, 0.25) is 0 Å². The van der Waals surface area contributed by atoms with Gasteiger partial charge in [0.1, 0.15) is 11.5 Å². The highest BCUT2D eigenvalue weighted by Crippen LogP contribution is 2.23. The van der Waals surface area contributed by atoms with Crippen molar-refractivity contribution in [2.45, 2.75) is 6.92 Å². The van der Waals surface area contributed by atoms with E-state index >= 15 is 0 Å². The first kappa shape index (κ1) is 20.6. The van der Waals surface area contributed by atoms with Gasteiger partial charge in [0.15, 0.2) is 0 Å². The van der Waals surface area contributed by atoms with E-state index in [1.165, 1.54) is 28.2 Å². The van der Waals surface area contributed by atoms with Crippen molar-refractivity contribution < 1.29 is 9.18 Å². The minimum Gasteiger partial charge on any atom is -0.316 e. The Morgan fingerprint density at radius 2 is 1.77 bits per heavy atom. The summed E-state index contributed by atoms with van der Waals surface area (Å²) >= 11 is 1.46. The summed E-state index contributed by atoms with van der Waals surface area (Å²) in [6.45, 7) is 1.78. The first-order valence-electron chi connectivity index (χ1n) is 9.61. The fourth-order valence-electron chi connectivity index (χ4n) is 3.32. The lowest BCUT2D eigenvalue weighted by Gasteiger charge is -2.08. The van der Waals surface area contributed by atoms with E-state index < -0.39 is 5.91 Å². The van der Waals surface area contributed by atoms with Crippen LogP contribution < -0.4 is 10.9 Å². The van der Waals surface area contributed by atoms with Gasteiger partial charge in [-0.05, 0) is 65.2 Å². The number of hydrogen-bond acceptors (Lipinski definition) is 3. The second-order valence-corrected chi connectivity index (χ2v) is 7.79. The molecule has 0 unspecified atom stereocenters. The van der Waals surface area contributed by atoms with Crippen LogP contribution in [0.15, 0.2) is 76.2 Å². The van der Waals surface area contributed by atoms with E-state index in [4.69, 9.17) is 0 Å². The van der Waals surface area contributed by atoms with Gasteiger partial charge in [-0.25, -0.2) is 9.07 Å². The molecule has 2 heterocycles. The SMILES string of the molecule is Cc1c(NC(=O)C(=Cc2ccc(F)cc2)c2ccsc2)c(=O)n(-c2ccccc2)n1C. The number of amides is 1. The van der Waals surface area contributed by atoms with E-state index in [0.29, 0.717) is 22.5 Å². The van der Waals surface area contributed by atoms with Gasteiger partial charge in [-0.3, -0.25) is 14.3 Å². The lowest BCUT2D eigenvalue weighted by Crippen LogP contribution is -2.23. The molecule has 0 aliphatic carbocycles. The van der Waals surface area contributed by atoms with Crippen LogP contribution in [-0.2, 0) is 11.8 Å². The van der Waals surface area contributed by atoms with Gasteiger partial charge >= 0.3 is 0 Å². The largest absolute Gasteiger partial charge is 0.316 e. The Morgan fingerprint density at radius 1 is 1.06 bits per heavy atom. The number of anilines is 1. The van der Waals surface area contributed by atoms with Gasteiger partial charge < -0.3 is 5.32 Å². The highest BCUT2D eigenvalue weighted by Gasteiger charge is 2.21. The van der Waals surface area contributed by atoms with Gasteiger partial charge in [0.05, 0.1) is 11.4 Å². The maximum absolute atomic E-state index is 13.3. The van der Waals surface area contributed by atoms with E-state index in [9.17, 15) is 14.0 Å². The summed E-state index contributed by atoms with van der Waals surface area (Å²) in [6, 6.07) is 17.0. The number of carbonyl (C=O) groups excluding carboxylic acids is 1. The van der Waals surface area contributed by atoms with Gasteiger partial charge in [0, 0.05) is 12.6 Å². The van der Waals surface area contributed by atoms with E-state index in [-0.39, 0.29) is 17.1 Å². The average molecular weight is 434 g/mol. The first-order valence-corrected chi connectivity index (χ1v) is 10.5. The molecule has 2 aromatic heterocycles. The molecule has 0 radical (unpaired) electrons. The van der Waals surface area contributed by atoms with Crippen molar-refractivity contribution in [1.82, 2.24) is 9.36 Å². The van der Waals surface area contributed by atoms with Gasteiger partial charge in [0.25, 0.3) is 11.5 Å². The molecule has 156 valence electrons. The lowest BCUT2D eigenvalue weighted by molar-refractivity contribution is -0.111. The van der Waals surface area contributed by atoms with Gasteiger partial charge in [0.2, 0.25) is 0 Å². The number of nitrogens with zero attached hydrogens (tertiary/aromatic N) is 2. The monoisotopic (exact) mass is 433 g/mol. The topological polar surface area (TPSA) is 56.0 Å². The molecule has 31 heavy (non-hydrogen) atoms. The van der Waals surface area contributed by atoms with E-state index in [1.54, 1.807) is 36.9 Å². The fourth-order valence-corrected chi connectivity index (χ4v) is 3.97. The molecule has 0 fully saturated rings. The number of halogens is 1. The van der Waals surface area contributed by atoms with Crippen LogP contribution in [0.1, 0.15) is 16.8 Å². The van der Waals surface area contributed by atoms with Crippen LogP contribution in [0, 0.1) is 12.7 Å². The minimum absolute atomic E-state index is 0.219. The van der Waals surface area contributed by atoms with Crippen molar-refractivity contribution in [3.8, 4) is 5.69 Å². The molecule has 2 aromatic carbocycles. The predicted molar refractivity (Wildman–Crippen MR) is 123 cm³/mol. The van der Waals surface area contributed by atoms with E-state index in [1.807, 2.05) is 47.2 Å². The summed E-state index contributed by atoms with van der Waals surface area (Å²) in [4.78, 5) is 26.4. The number of nitrogens with one attached hydrogen (secondary N) is 1. The minimum atomic E-state index is -0.409. The predicted octanol–water partition coefficient (Wildman–Crippen LogP) is 4.86. The standard InChI is InChI=1S/C24H20FN3O2S/c1-16-22(24(30)28(27(16)2)20-6-4-3-5-7-20)26-23(29)21(18-12-13-31-15-18)14-17-8-10-19(25)11-9-17/h3-15H,1-2H3,(H,26,29). The van der Waals surface area contributed by atoms with Crippen molar-refractivity contribution in [2.24, 2.45) is 7.05 Å². The molecule has 4 rings (SSSR count). The zero-order valence-corrected chi connectivity index (χ0v) is 17.8. The summed E-state index contributed by atoms with van der Waals surface area (Å²) in [5, 5.41) is 6.53. The van der Waals surface area contributed by atoms with Crippen LogP contribution >= 0.6 is 11.3 Å². The number of carbonyl (C=O) groups is 1. The Bertz CT molecular complexity index is 1300. The van der Waals surface area contributed by atoms with Gasteiger partial charge in [-0.1, -0.05) is 30.3 Å². The normalized spacial score (nSPS) is 11.5. The average Bonchev–Trinajstić information content (AvgIpc) is 3.37. The van der Waals surface area contributed by atoms with Crippen LogP contribution in [0.25, 0.3) is 17.3 Å². The van der Waals surface area contributed by atoms with Crippen molar-refractivity contribution in [2.75, 3.05) is 5.32 Å². The molecule has 5 nitrogen and oxygen atoms in total. The zero-order valence-electron chi connectivity index (χ0n) is 17.0. The molecule has 4 aromatic rings. The second kappa shape index (κ2) is 8.57. The molecule has 0 saturated heterocycles. The molecule has 0 saturated carbocycles. The molecule has 0 bridgehead atoms. The van der Waals surface area contributed by atoms with Crippen molar-refractivity contribution in [1.29, 1.82) is 0 Å². The molecule has 0 atom stereocenters. The molecular formula is C24H20FN3O2S. The molecule has 0 aliphatic rings. The molecular weight excluding hydrogens is 413 g/mol. The van der Waals surface area contributed by atoms with Crippen LogP contribution in [-0.4, -0.2) is 15.3 Å². The maximum Gasteiger partial charge on any atom is 0.295 e. The summed E-state index contributed by atoms with van der Waals surface area (Å²) in [5.41, 5.74) is 3.05. The second-order valence-electron chi connectivity index (χ2n) is 7.01. The summed E-state index contributed by atoms with van der Waals surface area (Å²) in [7, 11) is 1.77. The molecule has 1 amide bonds. The number of para-hydroxylation sites is 1.